The van der Waals surface area contributed by atoms with E-state index in [1.54, 1.807) is 12.3 Å². The van der Waals surface area contributed by atoms with Gasteiger partial charge in [-0.3, -0.25) is 9.78 Å². The van der Waals surface area contributed by atoms with E-state index < -0.39 is 0 Å². The summed E-state index contributed by atoms with van der Waals surface area (Å²) in [6.07, 6.45) is 2.05. The highest BCUT2D eigenvalue weighted by molar-refractivity contribution is 5.93. The van der Waals surface area contributed by atoms with Gasteiger partial charge in [-0.25, -0.2) is 0 Å². The Labute approximate surface area is 118 Å². The van der Waals surface area contributed by atoms with Gasteiger partial charge in [0.25, 0.3) is 5.91 Å². The maximum atomic E-state index is 11.8. The lowest BCUT2D eigenvalue weighted by Gasteiger charge is -2.23. The zero-order valence-corrected chi connectivity index (χ0v) is 11.8. The van der Waals surface area contributed by atoms with Crippen molar-refractivity contribution in [3.05, 3.63) is 24.0 Å². The molecule has 0 fully saturated rings. The third-order valence-corrected chi connectivity index (χ3v) is 2.83. The molecule has 1 aromatic heterocycles. The quantitative estimate of drug-likeness (QED) is 0.296. The second-order valence-corrected chi connectivity index (χ2v) is 4.18. The number of amidine groups is 1. The molecular weight excluding hydrogens is 258 g/mol. The minimum atomic E-state index is -0.193. The summed E-state index contributed by atoms with van der Waals surface area (Å²) in [6, 6.07) is 3.57. The van der Waals surface area contributed by atoms with Crippen molar-refractivity contribution in [1.82, 2.24) is 10.3 Å². The number of nitrogens with zero attached hydrogens (tertiary/aromatic N) is 3. The Bertz CT molecular complexity index is 476. The van der Waals surface area contributed by atoms with Crippen molar-refractivity contribution in [2.24, 2.45) is 10.9 Å². The molecule has 0 radical (unpaired) electrons. The highest BCUT2D eigenvalue weighted by Crippen LogP contribution is 2.14. The number of rotatable bonds is 7. The number of carbonyl (C=O) groups excluding carboxylic acids is 1. The van der Waals surface area contributed by atoms with Crippen LogP contribution in [0.4, 0.5) is 5.69 Å². The number of oxime groups is 1. The van der Waals surface area contributed by atoms with Crippen LogP contribution in [-0.2, 0) is 0 Å². The lowest BCUT2D eigenvalue weighted by Crippen LogP contribution is -2.29. The SMILES string of the molecule is CCNC(=O)c1cc(N(CC)CCC(N)=NO)ccn1. The number of hydrogen-bond acceptors (Lipinski definition) is 5. The lowest BCUT2D eigenvalue weighted by molar-refractivity contribution is 0.0951. The molecule has 110 valence electrons. The number of amides is 1. The first-order chi connectivity index (χ1) is 9.62. The van der Waals surface area contributed by atoms with Gasteiger partial charge in [0, 0.05) is 37.9 Å². The minimum absolute atomic E-state index is 0.182. The molecule has 0 saturated heterocycles. The topological polar surface area (TPSA) is 104 Å². The molecule has 7 heteroatoms. The van der Waals surface area contributed by atoms with Gasteiger partial charge in [0.2, 0.25) is 0 Å². The van der Waals surface area contributed by atoms with Gasteiger partial charge in [-0.1, -0.05) is 5.16 Å². The molecule has 0 aliphatic heterocycles. The molecular formula is C13H21N5O2. The molecule has 0 saturated carbocycles. The van der Waals surface area contributed by atoms with Crippen molar-refractivity contribution < 1.29 is 10.0 Å². The van der Waals surface area contributed by atoms with Crippen LogP contribution in [0, 0.1) is 0 Å². The van der Waals surface area contributed by atoms with Crippen LogP contribution in [0.5, 0.6) is 0 Å². The Morgan fingerprint density at radius 1 is 1.55 bits per heavy atom. The lowest BCUT2D eigenvalue weighted by atomic mass is 10.2. The number of nitrogens with two attached hydrogens (primary N) is 1. The fourth-order valence-corrected chi connectivity index (χ4v) is 1.76. The van der Waals surface area contributed by atoms with Crippen LogP contribution in [0.25, 0.3) is 0 Å². The number of hydrogen-bond donors (Lipinski definition) is 3. The van der Waals surface area contributed by atoms with E-state index >= 15 is 0 Å². The molecule has 0 aliphatic rings. The molecule has 0 bridgehead atoms. The fourth-order valence-electron chi connectivity index (χ4n) is 1.76. The summed E-state index contributed by atoms with van der Waals surface area (Å²) in [6.45, 7) is 5.77. The zero-order valence-electron chi connectivity index (χ0n) is 11.8. The van der Waals surface area contributed by atoms with Gasteiger partial charge in [0.1, 0.15) is 11.5 Å². The van der Waals surface area contributed by atoms with Crippen LogP contribution in [0.1, 0.15) is 30.8 Å². The second kappa shape index (κ2) is 7.98. The van der Waals surface area contributed by atoms with Gasteiger partial charge >= 0.3 is 0 Å². The third-order valence-electron chi connectivity index (χ3n) is 2.83. The minimum Gasteiger partial charge on any atom is -0.409 e. The van der Waals surface area contributed by atoms with E-state index in [1.165, 1.54) is 0 Å². The van der Waals surface area contributed by atoms with E-state index in [1.807, 2.05) is 24.8 Å². The number of nitrogens with one attached hydrogen (secondary N) is 1. The van der Waals surface area contributed by atoms with E-state index in [2.05, 4.69) is 15.5 Å². The van der Waals surface area contributed by atoms with Gasteiger partial charge in [-0.2, -0.15) is 0 Å². The van der Waals surface area contributed by atoms with Crippen LogP contribution < -0.4 is 16.0 Å². The molecule has 7 nitrogen and oxygen atoms in total. The van der Waals surface area contributed by atoms with Gasteiger partial charge < -0.3 is 21.2 Å². The number of anilines is 1. The first-order valence-electron chi connectivity index (χ1n) is 6.57. The number of carbonyl (C=O) groups is 1. The summed E-state index contributed by atoms with van der Waals surface area (Å²) < 4.78 is 0. The van der Waals surface area contributed by atoms with Crippen LogP contribution in [0.2, 0.25) is 0 Å². The number of aromatic nitrogens is 1. The summed E-state index contributed by atoms with van der Waals surface area (Å²) in [7, 11) is 0. The zero-order chi connectivity index (χ0) is 15.0. The largest absolute Gasteiger partial charge is 0.409 e. The van der Waals surface area contributed by atoms with Crippen molar-refractivity contribution in [2.75, 3.05) is 24.5 Å². The summed E-state index contributed by atoms with van der Waals surface area (Å²) >= 11 is 0. The first-order valence-corrected chi connectivity index (χ1v) is 6.57. The fraction of sp³-hybridized carbons (Fsp3) is 0.462. The van der Waals surface area contributed by atoms with Crippen molar-refractivity contribution in [2.45, 2.75) is 20.3 Å². The predicted molar refractivity (Wildman–Crippen MR) is 78.2 cm³/mol. The van der Waals surface area contributed by atoms with Crippen LogP contribution in [0.15, 0.2) is 23.5 Å². The molecule has 0 aromatic carbocycles. The highest BCUT2D eigenvalue weighted by atomic mass is 16.4. The molecule has 0 unspecified atom stereocenters. The Hall–Kier alpha value is -2.31. The molecule has 0 aliphatic carbocycles. The average molecular weight is 279 g/mol. The normalized spacial score (nSPS) is 11.2. The molecule has 0 spiro atoms. The van der Waals surface area contributed by atoms with Crippen LogP contribution >= 0.6 is 0 Å². The van der Waals surface area contributed by atoms with E-state index in [4.69, 9.17) is 10.9 Å². The standard InChI is InChI=1S/C13H21N5O2/c1-3-15-13(19)11-9-10(5-7-16-11)18(4-2)8-6-12(14)17-20/h5,7,9,20H,3-4,6,8H2,1-2H3,(H2,14,17)(H,15,19). The maximum Gasteiger partial charge on any atom is 0.269 e. The van der Waals surface area contributed by atoms with Gasteiger partial charge in [0.15, 0.2) is 0 Å². The van der Waals surface area contributed by atoms with Crippen molar-refractivity contribution in [1.29, 1.82) is 0 Å². The Balaban J connectivity index is 2.82. The Morgan fingerprint density at radius 2 is 2.30 bits per heavy atom. The van der Waals surface area contributed by atoms with Gasteiger partial charge in [-0.15, -0.1) is 0 Å². The number of pyridine rings is 1. The summed E-state index contributed by atoms with van der Waals surface area (Å²) in [5.74, 6) is -0.0108. The van der Waals surface area contributed by atoms with Crippen molar-refractivity contribution in [3.8, 4) is 0 Å². The van der Waals surface area contributed by atoms with Crippen molar-refractivity contribution >= 4 is 17.4 Å². The monoisotopic (exact) mass is 279 g/mol. The Kier molecular flexibility index (Phi) is 6.28. The smallest absolute Gasteiger partial charge is 0.269 e. The Morgan fingerprint density at radius 3 is 2.90 bits per heavy atom. The van der Waals surface area contributed by atoms with E-state index in [0.29, 0.717) is 25.2 Å². The van der Waals surface area contributed by atoms with Crippen LogP contribution in [0.3, 0.4) is 0 Å². The van der Waals surface area contributed by atoms with E-state index in [-0.39, 0.29) is 11.7 Å². The molecule has 1 rings (SSSR count). The molecule has 0 atom stereocenters. The molecule has 1 amide bonds. The summed E-state index contributed by atoms with van der Waals surface area (Å²) in [5, 5.41) is 14.2. The average Bonchev–Trinajstić information content (AvgIpc) is 2.48. The molecule has 20 heavy (non-hydrogen) atoms. The molecule has 1 aromatic rings. The summed E-state index contributed by atoms with van der Waals surface area (Å²) in [4.78, 5) is 17.8. The maximum absolute atomic E-state index is 11.8. The third kappa shape index (κ3) is 4.42. The van der Waals surface area contributed by atoms with Crippen molar-refractivity contribution in [3.63, 3.8) is 0 Å². The molecule has 4 N–H and O–H groups in total. The van der Waals surface area contributed by atoms with Gasteiger partial charge in [0.05, 0.1) is 0 Å². The predicted octanol–water partition coefficient (Wildman–Crippen LogP) is 0.794. The van der Waals surface area contributed by atoms with Gasteiger partial charge in [-0.05, 0) is 26.0 Å². The highest BCUT2D eigenvalue weighted by Gasteiger charge is 2.10. The molecule has 1 heterocycles. The first kappa shape index (κ1) is 15.7. The summed E-state index contributed by atoms with van der Waals surface area (Å²) in [5.41, 5.74) is 6.73. The van der Waals surface area contributed by atoms with Crippen LogP contribution in [-0.4, -0.2) is 41.6 Å². The second-order valence-electron chi connectivity index (χ2n) is 4.18. The van der Waals surface area contributed by atoms with E-state index in [0.717, 1.165) is 12.2 Å². The van der Waals surface area contributed by atoms with E-state index in [9.17, 15) is 4.79 Å².